The van der Waals surface area contributed by atoms with E-state index in [1.165, 1.54) is 12.1 Å². The summed E-state index contributed by atoms with van der Waals surface area (Å²) in [5.74, 6) is -0.407. The third-order valence-corrected chi connectivity index (χ3v) is 14.7. The van der Waals surface area contributed by atoms with E-state index in [-0.39, 0.29) is 61.8 Å². The molecule has 0 spiro atoms. The molecule has 404 valence electrons. The van der Waals surface area contributed by atoms with Gasteiger partial charge in [-0.3, -0.25) is 18.1 Å². The number of benzene rings is 2. The second kappa shape index (κ2) is 28.5. The molecule has 0 amide bonds. The van der Waals surface area contributed by atoms with Gasteiger partial charge in [-0.25, -0.2) is 4.58 Å². The average Bonchev–Trinajstić information content (AvgIpc) is 3.53. The third kappa shape index (κ3) is 19.6. The number of allylic oxidation sites excluding steroid dienone is 3. The van der Waals surface area contributed by atoms with Crippen molar-refractivity contribution in [2.24, 2.45) is 0 Å². The van der Waals surface area contributed by atoms with Crippen LogP contribution >= 0.6 is 0 Å². The van der Waals surface area contributed by atoms with E-state index in [2.05, 4.69) is 29.5 Å². The van der Waals surface area contributed by atoms with Crippen LogP contribution in [0.2, 0.25) is 0 Å². The van der Waals surface area contributed by atoms with Gasteiger partial charge in [-0.2, -0.15) is 25.3 Å². The third-order valence-electron chi connectivity index (χ3n) is 11.8. The molecule has 4 rings (SSSR count). The molecule has 2 aliphatic heterocycles. The van der Waals surface area contributed by atoms with Crippen LogP contribution in [0.5, 0.6) is 0 Å². The highest BCUT2D eigenvalue weighted by atomic mass is 32.2. The summed E-state index contributed by atoms with van der Waals surface area (Å²) in [4.78, 5) is 12.1. The SMILES string of the molecule is CC[N+](CCCS(=O)(=O)OC)=c1ccc2c(C(C)(C)C)cc(C=CC=C3N(CCOCCOCCOCCOCCOCCOCCC(=O)O)c4ccc(S(=O)(=O)O)cc4C3(C)CCCS(=O)(=O)O)oc-2c1. The molecule has 1 aromatic carbocycles. The van der Waals surface area contributed by atoms with Crippen molar-refractivity contribution in [1.29, 1.82) is 0 Å². The first-order valence-electron chi connectivity index (χ1n) is 23.9. The molecule has 1 atom stereocenters. The fourth-order valence-corrected chi connectivity index (χ4v) is 9.80. The second-order valence-electron chi connectivity index (χ2n) is 18.1. The molecular weight excluding hydrogens is 1000 g/mol. The number of nitrogens with zero attached hydrogens (tertiary/aromatic N) is 2. The average molecular weight is 1070 g/mol. The fourth-order valence-electron chi connectivity index (χ4n) is 8.13. The molecule has 0 aromatic heterocycles. The van der Waals surface area contributed by atoms with Gasteiger partial charge in [-0.05, 0) is 85.7 Å². The number of ether oxygens (including phenoxy) is 6. The predicted molar refractivity (Wildman–Crippen MR) is 271 cm³/mol. The molecule has 0 fully saturated rings. The van der Waals surface area contributed by atoms with Gasteiger partial charge in [0.05, 0.1) is 115 Å². The molecular formula is C49H73N2O18S3+. The minimum Gasteiger partial charge on any atom is -0.481 e. The van der Waals surface area contributed by atoms with Crippen molar-refractivity contribution in [3.63, 3.8) is 0 Å². The Hall–Kier alpha value is -4.11. The van der Waals surface area contributed by atoms with Gasteiger partial charge in [-0.1, -0.05) is 26.8 Å². The van der Waals surface area contributed by atoms with E-state index in [0.717, 1.165) is 23.6 Å². The zero-order valence-corrected chi connectivity index (χ0v) is 44.7. The molecule has 0 saturated carbocycles. The Kier molecular flexibility index (Phi) is 24.0. The Balaban J connectivity index is 1.49. The quantitative estimate of drug-likeness (QED) is 0.0307. The minimum absolute atomic E-state index is 0.0314. The molecule has 0 saturated heterocycles. The summed E-state index contributed by atoms with van der Waals surface area (Å²) in [5.41, 5.74) is 2.47. The van der Waals surface area contributed by atoms with Gasteiger partial charge in [0.25, 0.3) is 30.4 Å². The lowest BCUT2D eigenvalue weighted by Gasteiger charge is -2.30. The number of hydrogen-bond acceptors (Lipinski definition) is 16. The zero-order valence-electron chi connectivity index (χ0n) is 42.2. The van der Waals surface area contributed by atoms with E-state index < -0.39 is 47.5 Å². The molecule has 2 heterocycles. The first-order chi connectivity index (χ1) is 34.0. The number of carboxylic acid groups (broad SMARTS) is 1. The van der Waals surface area contributed by atoms with Crippen molar-refractivity contribution < 1.29 is 81.3 Å². The molecule has 1 aliphatic carbocycles. The molecule has 0 bridgehead atoms. The molecule has 72 heavy (non-hydrogen) atoms. The van der Waals surface area contributed by atoms with Crippen molar-refractivity contribution in [3.8, 4) is 11.3 Å². The van der Waals surface area contributed by atoms with Crippen LogP contribution in [0.25, 0.3) is 17.4 Å². The fraction of sp³-hybridized carbons (Fsp3) is 0.592. The minimum atomic E-state index is -4.62. The van der Waals surface area contributed by atoms with E-state index in [4.69, 9.17) is 37.9 Å². The summed E-state index contributed by atoms with van der Waals surface area (Å²) >= 11 is 0. The lowest BCUT2D eigenvalue weighted by Crippen LogP contribution is -2.32. The smallest absolute Gasteiger partial charge is 0.305 e. The van der Waals surface area contributed by atoms with Gasteiger partial charge < -0.3 is 42.8 Å². The first kappa shape index (κ1) is 60.4. The Morgan fingerprint density at radius 1 is 0.778 bits per heavy atom. The van der Waals surface area contributed by atoms with E-state index in [1.54, 1.807) is 18.2 Å². The van der Waals surface area contributed by atoms with Crippen molar-refractivity contribution in [2.45, 2.75) is 76.0 Å². The first-order valence-corrected chi connectivity index (χ1v) is 28.5. The monoisotopic (exact) mass is 1070 g/mol. The summed E-state index contributed by atoms with van der Waals surface area (Å²) in [7, 11) is -11.4. The number of hydrogen-bond donors (Lipinski definition) is 3. The van der Waals surface area contributed by atoms with Crippen LogP contribution in [0.4, 0.5) is 5.69 Å². The van der Waals surface area contributed by atoms with Crippen LogP contribution in [-0.2, 0) is 78.6 Å². The van der Waals surface area contributed by atoms with Gasteiger partial charge in [0.15, 0.2) is 0 Å². The van der Waals surface area contributed by atoms with E-state index in [9.17, 15) is 39.2 Å². The highest BCUT2D eigenvalue weighted by Crippen LogP contribution is 2.51. The van der Waals surface area contributed by atoms with E-state index in [0.29, 0.717) is 107 Å². The molecule has 3 aliphatic rings. The molecule has 1 unspecified atom stereocenters. The van der Waals surface area contributed by atoms with Crippen molar-refractivity contribution in [3.05, 3.63) is 82.6 Å². The number of rotatable bonds is 34. The lowest BCUT2D eigenvalue weighted by molar-refractivity contribution is -0.138. The van der Waals surface area contributed by atoms with Crippen LogP contribution in [0.3, 0.4) is 0 Å². The topological polar surface area (TPSA) is 264 Å². The number of carboxylic acids is 1. The number of aliphatic carboxylic acids is 1. The van der Waals surface area contributed by atoms with Crippen molar-refractivity contribution >= 4 is 48.1 Å². The second-order valence-corrected chi connectivity index (χ2v) is 23.0. The maximum Gasteiger partial charge on any atom is 0.305 e. The van der Waals surface area contributed by atoms with Crippen molar-refractivity contribution in [2.75, 3.05) is 122 Å². The Morgan fingerprint density at radius 2 is 1.36 bits per heavy atom. The van der Waals surface area contributed by atoms with Gasteiger partial charge in [0.1, 0.15) is 24.6 Å². The Morgan fingerprint density at radius 3 is 1.89 bits per heavy atom. The normalized spacial score (nSPS) is 16.6. The summed E-state index contributed by atoms with van der Waals surface area (Å²) in [5, 5.41) is 9.45. The van der Waals surface area contributed by atoms with Crippen LogP contribution in [0, 0.1) is 0 Å². The predicted octanol–water partition coefficient (Wildman–Crippen LogP) is 5.00. The standard InChI is InChI=1S/C49H72N2O18S3/c1-7-50(19-10-34-71(57,58)62-6)38-13-15-41-42(48(2,3)4)36-39(69-45(41)35-38)11-8-12-46-49(5,18-9-33-70(54,55)56)43-37-40(72(59,60)61)14-16-44(43)51(46)20-22-64-24-26-66-28-30-68-32-31-67-29-27-65-25-23-63-21-17-47(52)53/h8,11-16,35-37H,7,9-10,17-34H2,1-6H3,(H2-,52,53,54,55,56,59,60,61)/p+1. The zero-order chi connectivity index (χ0) is 53.0. The Bertz CT molecular complexity index is 2660. The number of fused-ring (bicyclic) bond motifs is 2. The van der Waals surface area contributed by atoms with Gasteiger partial charge in [-0.15, -0.1) is 0 Å². The molecule has 23 heteroatoms. The van der Waals surface area contributed by atoms with Crippen LogP contribution in [0.15, 0.2) is 69.6 Å². The highest BCUT2D eigenvalue weighted by molar-refractivity contribution is 7.86. The summed E-state index contributed by atoms with van der Waals surface area (Å²) in [6.45, 7) is 15.2. The van der Waals surface area contributed by atoms with Gasteiger partial charge in [0, 0.05) is 41.4 Å². The highest BCUT2D eigenvalue weighted by Gasteiger charge is 2.44. The maximum atomic E-state index is 12.4. The van der Waals surface area contributed by atoms with Gasteiger partial charge in [0.2, 0.25) is 5.36 Å². The van der Waals surface area contributed by atoms with Gasteiger partial charge >= 0.3 is 5.97 Å². The van der Waals surface area contributed by atoms with Crippen LogP contribution in [-0.4, -0.2) is 163 Å². The van der Waals surface area contributed by atoms with Crippen LogP contribution < -0.4 is 14.8 Å². The number of carbonyl (C=O) groups is 1. The summed E-state index contributed by atoms with van der Waals surface area (Å²) < 4.78 is 139. The van der Waals surface area contributed by atoms with E-state index in [1.807, 2.05) is 49.1 Å². The lowest BCUT2D eigenvalue weighted by atomic mass is 9.77. The Labute approximate surface area is 424 Å². The molecule has 20 nitrogen and oxygen atoms in total. The largest absolute Gasteiger partial charge is 0.481 e. The summed E-state index contributed by atoms with van der Waals surface area (Å²) in [6, 6.07) is 12.2. The molecule has 3 N–H and O–H groups in total. The number of anilines is 1. The molecule has 1 aromatic rings. The maximum absolute atomic E-state index is 12.4. The van der Waals surface area contributed by atoms with E-state index >= 15 is 0 Å². The van der Waals surface area contributed by atoms with Crippen molar-refractivity contribution in [1.82, 2.24) is 4.58 Å². The summed E-state index contributed by atoms with van der Waals surface area (Å²) in [6.07, 6.45) is 5.99. The van der Waals surface area contributed by atoms with Crippen LogP contribution in [0.1, 0.15) is 77.2 Å². The molecule has 0 radical (unpaired) electrons.